The van der Waals surface area contributed by atoms with Gasteiger partial charge in [-0.25, -0.2) is 0 Å². The van der Waals surface area contributed by atoms with Crippen molar-refractivity contribution >= 4 is 23.8 Å². The third-order valence-corrected chi connectivity index (χ3v) is 3.33. The Hall–Kier alpha value is -2.56. The average Bonchev–Trinajstić information content (AvgIpc) is 2.94. The summed E-state index contributed by atoms with van der Waals surface area (Å²) in [7, 11) is 0. The second-order valence-electron chi connectivity index (χ2n) is 4.70. The van der Waals surface area contributed by atoms with E-state index < -0.39 is 0 Å². The van der Waals surface area contributed by atoms with Crippen LogP contribution < -0.4 is 4.90 Å². The lowest BCUT2D eigenvalue weighted by Gasteiger charge is -2.32. The van der Waals surface area contributed by atoms with Gasteiger partial charge >= 0.3 is 0 Å². The molecule has 1 saturated heterocycles. The van der Waals surface area contributed by atoms with Gasteiger partial charge in [-0.1, -0.05) is 45.2 Å². The van der Waals surface area contributed by atoms with Gasteiger partial charge in [-0.15, -0.1) is 0 Å². The molecule has 0 bridgehead atoms. The maximum Gasteiger partial charge on any atom is 0.248 e. The summed E-state index contributed by atoms with van der Waals surface area (Å²) < 4.78 is 5.64. The number of rotatable bonds is 4. The molecule has 23 heavy (non-hydrogen) atoms. The summed E-state index contributed by atoms with van der Waals surface area (Å²) in [4.78, 5) is 26.7. The molecule has 0 radical (unpaired) electrons. The first kappa shape index (κ1) is 18.5. The van der Waals surface area contributed by atoms with E-state index in [0.29, 0.717) is 19.0 Å². The van der Waals surface area contributed by atoms with E-state index in [1.165, 1.54) is 11.0 Å². The molecule has 0 aromatic carbocycles. The quantitative estimate of drug-likeness (QED) is 0.633. The van der Waals surface area contributed by atoms with Crippen LogP contribution in [0.2, 0.25) is 0 Å². The van der Waals surface area contributed by atoms with E-state index in [1.54, 1.807) is 11.0 Å². The maximum atomic E-state index is 12.2. The first-order chi connectivity index (χ1) is 11.1. The number of anilines is 1. The Morgan fingerprint density at radius 1 is 1.30 bits per heavy atom. The molecule has 0 saturated carbocycles. The Morgan fingerprint density at radius 3 is 2.57 bits per heavy atom. The average molecular weight is 316 g/mol. The molecule has 2 amide bonds. The predicted octanol–water partition coefficient (Wildman–Crippen LogP) is 3.17. The van der Waals surface area contributed by atoms with Gasteiger partial charge < -0.3 is 9.32 Å². The first-order valence-electron chi connectivity index (χ1n) is 7.68. The zero-order chi connectivity index (χ0) is 17.4. The zero-order valence-electron chi connectivity index (χ0n) is 14.0. The molecule has 5 heteroatoms. The Labute approximate surface area is 137 Å². The summed E-state index contributed by atoms with van der Waals surface area (Å²) in [6.07, 6.45) is 6.58. The molecule has 0 N–H and O–H groups in total. The van der Waals surface area contributed by atoms with E-state index in [4.69, 9.17) is 4.42 Å². The molecule has 5 nitrogen and oxygen atoms in total. The second kappa shape index (κ2) is 8.78. The van der Waals surface area contributed by atoms with E-state index in [2.05, 4.69) is 13.2 Å². The highest BCUT2D eigenvalue weighted by Gasteiger charge is 2.29. The topological polar surface area (TPSA) is 53.8 Å². The fraction of sp³-hybridized carbons (Fsp3) is 0.333. The second-order valence-corrected chi connectivity index (χ2v) is 4.70. The molecule has 0 spiro atoms. The van der Waals surface area contributed by atoms with Crippen LogP contribution in [0.25, 0.3) is 6.08 Å². The minimum Gasteiger partial charge on any atom is -0.445 e. The van der Waals surface area contributed by atoms with Gasteiger partial charge in [0.25, 0.3) is 0 Å². The smallest absolute Gasteiger partial charge is 0.248 e. The van der Waals surface area contributed by atoms with Crippen LogP contribution in [0, 0.1) is 6.92 Å². The highest BCUT2D eigenvalue weighted by molar-refractivity contribution is 5.98. The van der Waals surface area contributed by atoms with Gasteiger partial charge in [-0.3, -0.25) is 14.5 Å². The molecule has 1 aromatic rings. The Kier molecular flexibility index (Phi) is 7.06. The minimum absolute atomic E-state index is 0.0441. The Balaban J connectivity index is 0.00000127. The van der Waals surface area contributed by atoms with E-state index in [-0.39, 0.29) is 18.4 Å². The molecule has 1 aromatic heterocycles. The number of carbonyl (C=O) groups excluding carboxylic acids is 2. The molecule has 0 unspecified atom stereocenters. The van der Waals surface area contributed by atoms with Gasteiger partial charge in [0.2, 0.25) is 17.7 Å². The van der Waals surface area contributed by atoms with Crippen LogP contribution >= 0.6 is 0 Å². The lowest BCUT2D eigenvalue weighted by Crippen LogP contribution is -2.52. The summed E-state index contributed by atoms with van der Waals surface area (Å²) in [6.45, 7) is 13.8. The van der Waals surface area contributed by atoms with Crippen LogP contribution in [-0.2, 0) is 9.59 Å². The number of allylic oxidation sites excluding steroid dienone is 2. The number of amides is 2. The number of hydrogen-bond acceptors (Lipinski definition) is 3. The fourth-order valence-electron chi connectivity index (χ4n) is 2.17. The molecule has 0 atom stereocenters. The van der Waals surface area contributed by atoms with Crippen LogP contribution in [0.15, 0.2) is 41.9 Å². The SMILES string of the molecule is C=C/C=C\c1cc(N2CCN(C(=O)C=C)CC2=O)oc1C.CC. The van der Waals surface area contributed by atoms with Crippen LogP contribution in [0.3, 0.4) is 0 Å². The van der Waals surface area contributed by atoms with Crippen LogP contribution in [0.5, 0.6) is 0 Å². The monoisotopic (exact) mass is 316 g/mol. The van der Waals surface area contributed by atoms with Crippen molar-refractivity contribution in [2.24, 2.45) is 0 Å². The lowest BCUT2D eigenvalue weighted by atomic mass is 10.2. The summed E-state index contributed by atoms with van der Waals surface area (Å²) >= 11 is 0. The number of carbonyl (C=O) groups is 2. The molecule has 1 fully saturated rings. The van der Waals surface area contributed by atoms with E-state index in [1.807, 2.05) is 39.0 Å². The molecule has 2 rings (SSSR count). The van der Waals surface area contributed by atoms with Gasteiger partial charge in [0.15, 0.2) is 0 Å². The first-order valence-corrected chi connectivity index (χ1v) is 7.68. The van der Waals surface area contributed by atoms with Crippen molar-refractivity contribution < 1.29 is 14.0 Å². The molecule has 2 heterocycles. The maximum absolute atomic E-state index is 12.2. The lowest BCUT2D eigenvalue weighted by molar-refractivity contribution is -0.133. The Morgan fingerprint density at radius 2 is 2.00 bits per heavy atom. The summed E-state index contributed by atoms with van der Waals surface area (Å²) in [5.74, 6) is 0.852. The number of furan rings is 1. The van der Waals surface area contributed by atoms with Gasteiger partial charge in [0.05, 0.1) is 0 Å². The van der Waals surface area contributed by atoms with Crippen molar-refractivity contribution in [2.45, 2.75) is 20.8 Å². The molecular weight excluding hydrogens is 292 g/mol. The molecule has 0 aliphatic carbocycles. The molecule has 124 valence electrons. The van der Waals surface area contributed by atoms with E-state index in [9.17, 15) is 9.59 Å². The van der Waals surface area contributed by atoms with Crippen molar-refractivity contribution in [3.8, 4) is 0 Å². The van der Waals surface area contributed by atoms with E-state index in [0.717, 1.165) is 11.3 Å². The van der Waals surface area contributed by atoms with Gasteiger partial charge in [0.1, 0.15) is 12.3 Å². The number of piperazine rings is 1. The third-order valence-electron chi connectivity index (χ3n) is 3.33. The zero-order valence-corrected chi connectivity index (χ0v) is 14.0. The standard InChI is InChI=1S/C16H18N2O3.C2H6/c1-4-6-7-13-10-16(21-12(13)3)18-9-8-17(11-15(18)20)14(19)5-2;1-2/h4-7,10H,1-2,8-9,11H2,3H3;1-2H3/b7-6-;. The normalized spacial score (nSPS) is 14.5. The fourth-order valence-corrected chi connectivity index (χ4v) is 2.17. The van der Waals surface area contributed by atoms with Crippen molar-refractivity contribution in [1.82, 2.24) is 4.90 Å². The molecule has 1 aliphatic heterocycles. The number of hydrogen-bond donors (Lipinski definition) is 0. The van der Waals surface area contributed by atoms with Crippen molar-refractivity contribution in [3.63, 3.8) is 0 Å². The van der Waals surface area contributed by atoms with E-state index >= 15 is 0 Å². The highest BCUT2D eigenvalue weighted by atomic mass is 16.4. The van der Waals surface area contributed by atoms with Gasteiger partial charge in [-0.2, -0.15) is 0 Å². The number of aryl methyl sites for hydroxylation is 1. The largest absolute Gasteiger partial charge is 0.445 e. The summed E-state index contributed by atoms with van der Waals surface area (Å²) in [6, 6.07) is 1.82. The molecule has 1 aliphatic rings. The van der Waals surface area contributed by atoms with Crippen LogP contribution in [0.4, 0.5) is 5.88 Å². The molecular formula is C18H24N2O3. The van der Waals surface area contributed by atoms with Crippen molar-refractivity contribution in [3.05, 3.63) is 48.8 Å². The minimum atomic E-state index is -0.228. The Bertz CT molecular complexity index is 614. The number of nitrogens with zero attached hydrogens (tertiary/aromatic N) is 2. The van der Waals surface area contributed by atoms with Gasteiger partial charge in [-0.05, 0) is 13.0 Å². The van der Waals surface area contributed by atoms with Crippen molar-refractivity contribution in [2.75, 3.05) is 24.5 Å². The summed E-state index contributed by atoms with van der Waals surface area (Å²) in [5, 5.41) is 0. The highest BCUT2D eigenvalue weighted by Crippen LogP contribution is 2.25. The predicted molar refractivity (Wildman–Crippen MR) is 93.2 cm³/mol. The van der Waals surface area contributed by atoms with Crippen LogP contribution in [0.1, 0.15) is 25.2 Å². The van der Waals surface area contributed by atoms with Crippen molar-refractivity contribution in [1.29, 1.82) is 0 Å². The summed E-state index contributed by atoms with van der Waals surface area (Å²) in [5.41, 5.74) is 0.905. The van der Waals surface area contributed by atoms with Crippen LogP contribution in [-0.4, -0.2) is 36.3 Å². The van der Waals surface area contributed by atoms with Gasteiger partial charge in [0, 0.05) is 24.7 Å². The third kappa shape index (κ3) is 4.45.